The van der Waals surface area contributed by atoms with E-state index in [4.69, 9.17) is 23.4 Å². The van der Waals surface area contributed by atoms with Gasteiger partial charge in [0.2, 0.25) is 12.7 Å². The van der Waals surface area contributed by atoms with Crippen LogP contribution in [-0.2, 0) is 11.3 Å². The zero-order valence-corrected chi connectivity index (χ0v) is 23.9. The number of furan rings is 1. The molecule has 12 heteroatoms. The normalized spacial score (nSPS) is 14.0. The van der Waals surface area contributed by atoms with Crippen LogP contribution in [-0.4, -0.2) is 85.5 Å². The van der Waals surface area contributed by atoms with E-state index >= 15 is 0 Å². The summed E-state index contributed by atoms with van der Waals surface area (Å²) in [5.74, 6) is 3.29. The van der Waals surface area contributed by atoms with Gasteiger partial charge in [-0.25, -0.2) is 0 Å². The van der Waals surface area contributed by atoms with Crippen molar-refractivity contribution in [3.63, 3.8) is 0 Å². The van der Waals surface area contributed by atoms with Gasteiger partial charge in [-0.3, -0.25) is 9.59 Å². The Balaban J connectivity index is 1.09. The minimum atomic E-state index is -0.300. The van der Waals surface area contributed by atoms with Crippen LogP contribution in [0.5, 0.6) is 23.0 Å². The van der Waals surface area contributed by atoms with E-state index < -0.39 is 0 Å². The third-order valence-corrected chi connectivity index (χ3v) is 7.45. The molecule has 4 heterocycles. The number of carbonyl (C=O) groups is 2. The molecular formula is C31H31N5O7. The summed E-state index contributed by atoms with van der Waals surface area (Å²) in [6, 6.07) is 17.9. The smallest absolute Gasteiger partial charge is 0.254 e. The van der Waals surface area contributed by atoms with Crippen LogP contribution in [0.1, 0.15) is 16.1 Å². The molecule has 0 spiro atoms. The SMILES string of the molecule is COc1ccc(-c2ccc(N3CCN(C(=O)CN(Cc4ccco4)C(=O)c4ccc5c(c4)OCO5)CC3)nn2)c(OC)c1. The summed E-state index contributed by atoms with van der Waals surface area (Å²) in [5.41, 5.74) is 1.90. The van der Waals surface area contributed by atoms with Crippen LogP contribution in [0.3, 0.4) is 0 Å². The highest BCUT2D eigenvalue weighted by molar-refractivity contribution is 5.97. The molecule has 43 heavy (non-hydrogen) atoms. The average molecular weight is 586 g/mol. The first-order valence-electron chi connectivity index (χ1n) is 13.8. The molecule has 222 valence electrons. The summed E-state index contributed by atoms with van der Waals surface area (Å²) < 4.78 is 27.1. The van der Waals surface area contributed by atoms with Gasteiger partial charge in [-0.2, -0.15) is 0 Å². The van der Waals surface area contributed by atoms with Gasteiger partial charge in [0, 0.05) is 43.4 Å². The minimum absolute atomic E-state index is 0.0911. The van der Waals surface area contributed by atoms with E-state index in [9.17, 15) is 9.59 Å². The number of hydrogen-bond donors (Lipinski definition) is 0. The third kappa shape index (κ3) is 6.03. The first kappa shape index (κ1) is 27.9. The maximum Gasteiger partial charge on any atom is 0.254 e. The maximum atomic E-state index is 13.5. The molecule has 1 fully saturated rings. The molecular weight excluding hydrogens is 554 g/mol. The summed E-state index contributed by atoms with van der Waals surface area (Å²) >= 11 is 0. The van der Waals surface area contributed by atoms with Gasteiger partial charge in [0.1, 0.15) is 23.8 Å². The van der Waals surface area contributed by atoms with Crippen molar-refractivity contribution in [1.82, 2.24) is 20.0 Å². The van der Waals surface area contributed by atoms with Gasteiger partial charge >= 0.3 is 0 Å². The van der Waals surface area contributed by atoms with E-state index in [1.165, 1.54) is 4.90 Å². The first-order valence-corrected chi connectivity index (χ1v) is 13.8. The minimum Gasteiger partial charge on any atom is -0.497 e. The van der Waals surface area contributed by atoms with Crippen LogP contribution in [0.25, 0.3) is 11.3 Å². The van der Waals surface area contributed by atoms with Crippen molar-refractivity contribution in [3.8, 4) is 34.3 Å². The quantitative estimate of drug-likeness (QED) is 0.289. The van der Waals surface area contributed by atoms with Gasteiger partial charge in [-0.05, 0) is 54.6 Å². The summed E-state index contributed by atoms with van der Waals surface area (Å²) in [5, 5.41) is 8.87. The molecule has 0 unspecified atom stereocenters. The van der Waals surface area contributed by atoms with Gasteiger partial charge in [-0.15, -0.1) is 10.2 Å². The summed E-state index contributed by atoms with van der Waals surface area (Å²) in [6.07, 6.45) is 1.54. The molecule has 2 amide bonds. The zero-order chi connectivity index (χ0) is 29.8. The molecule has 2 aliphatic heterocycles. The van der Waals surface area contributed by atoms with E-state index in [0.717, 1.165) is 11.4 Å². The molecule has 6 rings (SSSR count). The highest BCUT2D eigenvalue weighted by atomic mass is 16.7. The molecule has 2 aromatic heterocycles. The summed E-state index contributed by atoms with van der Waals surface area (Å²) in [7, 11) is 3.21. The maximum absolute atomic E-state index is 13.5. The predicted octanol–water partition coefficient (Wildman–Crippen LogP) is 3.47. The van der Waals surface area contributed by atoms with Crippen LogP contribution in [0.4, 0.5) is 5.82 Å². The third-order valence-electron chi connectivity index (χ3n) is 7.45. The Labute approximate surface area is 248 Å². The zero-order valence-electron chi connectivity index (χ0n) is 23.9. The number of fused-ring (bicyclic) bond motifs is 1. The number of nitrogens with zero attached hydrogens (tertiary/aromatic N) is 5. The fourth-order valence-corrected chi connectivity index (χ4v) is 5.10. The lowest BCUT2D eigenvalue weighted by atomic mass is 10.1. The number of piperazine rings is 1. The highest BCUT2D eigenvalue weighted by Gasteiger charge is 2.28. The molecule has 0 N–H and O–H groups in total. The number of rotatable bonds is 9. The second kappa shape index (κ2) is 12.3. The number of aromatic nitrogens is 2. The van der Waals surface area contributed by atoms with E-state index in [0.29, 0.717) is 66.2 Å². The standard InChI is InChI=1S/C31H31N5O7/c1-39-22-6-7-24(27(17-22)40-2)25-8-10-29(33-32-25)34-11-13-35(14-12-34)30(37)19-36(18-23-4-3-15-41-23)31(38)21-5-9-26-28(16-21)43-20-42-26/h3-10,15-17H,11-14,18-20H2,1-2H3. The number of hydrogen-bond acceptors (Lipinski definition) is 10. The van der Waals surface area contributed by atoms with Crippen molar-refractivity contribution < 1.29 is 33.0 Å². The second-order valence-electron chi connectivity index (χ2n) is 10.0. The molecule has 4 aromatic rings. The highest BCUT2D eigenvalue weighted by Crippen LogP contribution is 2.34. The van der Waals surface area contributed by atoms with Gasteiger partial charge in [0.05, 0.1) is 32.7 Å². The number of methoxy groups -OCH3 is 2. The van der Waals surface area contributed by atoms with E-state index in [-0.39, 0.29) is 31.7 Å². The number of benzene rings is 2. The van der Waals surface area contributed by atoms with Crippen LogP contribution in [0, 0.1) is 0 Å². The lowest BCUT2D eigenvalue weighted by Crippen LogP contribution is -2.52. The second-order valence-corrected chi connectivity index (χ2v) is 10.0. The van der Waals surface area contributed by atoms with E-state index in [1.54, 1.807) is 61.8 Å². The molecule has 0 aliphatic carbocycles. The Morgan fingerprint density at radius 2 is 1.74 bits per heavy atom. The van der Waals surface area contributed by atoms with Crippen LogP contribution >= 0.6 is 0 Å². The number of amides is 2. The molecule has 1 saturated heterocycles. The van der Waals surface area contributed by atoms with Crippen LogP contribution in [0.15, 0.2) is 71.3 Å². The van der Waals surface area contributed by atoms with Gasteiger partial charge < -0.3 is 38.1 Å². The lowest BCUT2D eigenvalue weighted by molar-refractivity contribution is -0.132. The Morgan fingerprint density at radius 1 is 0.907 bits per heavy atom. The summed E-state index contributed by atoms with van der Waals surface area (Å²) in [6.45, 7) is 2.32. The topological polar surface area (TPSA) is 120 Å². The van der Waals surface area contributed by atoms with Crippen molar-refractivity contribution in [3.05, 3.63) is 78.3 Å². The number of ether oxygens (including phenoxy) is 4. The fourth-order valence-electron chi connectivity index (χ4n) is 5.10. The average Bonchev–Trinajstić information content (AvgIpc) is 3.76. The van der Waals surface area contributed by atoms with Crippen molar-refractivity contribution in [2.75, 3.05) is 58.6 Å². The van der Waals surface area contributed by atoms with Crippen molar-refractivity contribution >= 4 is 17.6 Å². The molecule has 0 bridgehead atoms. The first-order chi connectivity index (χ1) is 21.0. The number of carbonyl (C=O) groups excluding carboxylic acids is 2. The largest absolute Gasteiger partial charge is 0.497 e. The van der Waals surface area contributed by atoms with Crippen molar-refractivity contribution in [2.24, 2.45) is 0 Å². The Kier molecular flexibility index (Phi) is 7.98. The van der Waals surface area contributed by atoms with E-state index in [2.05, 4.69) is 15.1 Å². The molecule has 0 atom stereocenters. The number of anilines is 1. The summed E-state index contributed by atoms with van der Waals surface area (Å²) in [4.78, 5) is 32.3. The van der Waals surface area contributed by atoms with Crippen molar-refractivity contribution in [1.29, 1.82) is 0 Å². The molecule has 2 aliphatic rings. The van der Waals surface area contributed by atoms with Gasteiger partial charge in [0.25, 0.3) is 5.91 Å². The Morgan fingerprint density at radius 3 is 2.47 bits per heavy atom. The predicted molar refractivity (Wildman–Crippen MR) is 155 cm³/mol. The fraction of sp³-hybridized carbons (Fsp3) is 0.290. The van der Waals surface area contributed by atoms with Gasteiger partial charge in [0.15, 0.2) is 17.3 Å². The molecule has 0 saturated carbocycles. The lowest BCUT2D eigenvalue weighted by Gasteiger charge is -2.36. The van der Waals surface area contributed by atoms with Gasteiger partial charge in [-0.1, -0.05) is 0 Å². The monoisotopic (exact) mass is 585 g/mol. The van der Waals surface area contributed by atoms with Crippen LogP contribution in [0.2, 0.25) is 0 Å². The van der Waals surface area contributed by atoms with E-state index in [1.807, 2.05) is 24.3 Å². The molecule has 2 aromatic carbocycles. The Bertz CT molecular complexity index is 1580. The molecule has 12 nitrogen and oxygen atoms in total. The Hall–Kier alpha value is -5.26. The van der Waals surface area contributed by atoms with Crippen LogP contribution < -0.4 is 23.8 Å². The molecule has 0 radical (unpaired) electrons. The van der Waals surface area contributed by atoms with Crippen molar-refractivity contribution in [2.45, 2.75) is 6.54 Å².